The minimum Gasteiger partial charge on any atom is -0.347 e. The van der Waals surface area contributed by atoms with Crippen LogP contribution in [0.1, 0.15) is 29.0 Å². The molecule has 6 nitrogen and oxygen atoms in total. The zero-order chi connectivity index (χ0) is 16.4. The summed E-state index contributed by atoms with van der Waals surface area (Å²) < 4.78 is 3.53. The van der Waals surface area contributed by atoms with Gasteiger partial charge in [0.05, 0.1) is 11.7 Å². The van der Waals surface area contributed by atoms with E-state index in [1.807, 2.05) is 68.2 Å². The van der Waals surface area contributed by atoms with Crippen molar-refractivity contribution in [2.24, 2.45) is 7.05 Å². The molecule has 0 N–H and O–H groups in total. The lowest BCUT2D eigenvalue weighted by molar-refractivity contribution is 0.0733. The second kappa shape index (κ2) is 6.08. The first-order valence-corrected chi connectivity index (χ1v) is 7.41. The van der Waals surface area contributed by atoms with Crippen molar-refractivity contribution in [2.45, 2.75) is 13.0 Å². The van der Waals surface area contributed by atoms with Crippen molar-refractivity contribution in [3.63, 3.8) is 0 Å². The molecule has 0 bridgehead atoms. The van der Waals surface area contributed by atoms with Crippen LogP contribution >= 0.6 is 0 Å². The lowest BCUT2D eigenvalue weighted by Crippen LogP contribution is -2.30. The Labute approximate surface area is 135 Å². The maximum absolute atomic E-state index is 12.6. The third-order valence-electron chi connectivity index (χ3n) is 4.12. The van der Waals surface area contributed by atoms with E-state index in [0.717, 1.165) is 11.3 Å². The van der Waals surface area contributed by atoms with Crippen molar-refractivity contribution in [1.29, 1.82) is 0 Å². The predicted molar refractivity (Wildman–Crippen MR) is 87.3 cm³/mol. The van der Waals surface area contributed by atoms with Crippen LogP contribution in [0.15, 0.2) is 55.2 Å². The third kappa shape index (κ3) is 2.88. The van der Waals surface area contributed by atoms with Gasteiger partial charge in [-0.1, -0.05) is 12.1 Å². The van der Waals surface area contributed by atoms with Gasteiger partial charge in [-0.25, -0.2) is 9.67 Å². The molecule has 0 saturated carbocycles. The Kier molecular flexibility index (Phi) is 3.97. The summed E-state index contributed by atoms with van der Waals surface area (Å²) in [4.78, 5) is 18.3. The van der Waals surface area contributed by atoms with Crippen LogP contribution in [0.25, 0.3) is 5.69 Å². The molecule has 3 rings (SSSR count). The molecule has 2 heterocycles. The molecule has 0 saturated heterocycles. The average Bonchev–Trinajstić information content (AvgIpc) is 3.24. The van der Waals surface area contributed by atoms with Crippen molar-refractivity contribution in [2.75, 3.05) is 7.05 Å². The SMILES string of the molecule is CC(c1ccc(-n2cncn2)cc1)N(C)C(=O)c1cccn1C. The quantitative estimate of drug-likeness (QED) is 0.744. The highest BCUT2D eigenvalue weighted by molar-refractivity contribution is 5.92. The predicted octanol–water partition coefficient (Wildman–Crippen LogP) is 2.44. The number of benzene rings is 1. The van der Waals surface area contributed by atoms with Crippen LogP contribution in [-0.4, -0.2) is 37.2 Å². The maximum Gasteiger partial charge on any atom is 0.270 e. The molecule has 1 unspecified atom stereocenters. The summed E-state index contributed by atoms with van der Waals surface area (Å²) in [6, 6.07) is 11.6. The van der Waals surface area contributed by atoms with Gasteiger partial charge in [-0.3, -0.25) is 4.79 Å². The monoisotopic (exact) mass is 309 g/mol. The van der Waals surface area contributed by atoms with Crippen LogP contribution in [0.3, 0.4) is 0 Å². The number of amides is 1. The second-order valence-corrected chi connectivity index (χ2v) is 5.53. The number of aryl methyl sites for hydroxylation is 1. The van der Waals surface area contributed by atoms with Crippen LogP contribution in [0.2, 0.25) is 0 Å². The molecule has 0 aliphatic heterocycles. The van der Waals surface area contributed by atoms with Gasteiger partial charge in [-0.05, 0) is 36.8 Å². The summed E-state index contributed by atoms with van der Waals surface area (Å²) >= 11 is 0. The summed E-state index contributed by atoms with van der Waals surface area (Å²) in [6.45, 7) is 2.02. The molecule has 2 aromatic heterocycles. The molecule has 6 heteroatoms. The van der Waals surface area contributed by atoms with E-state index < -0.39 is 0 Å². The van der Waals surface area contributed by atoms with Crippen LogP contribution in [0.4, 0.5) is 0 Å². The zero-order valence-electron chi connectivity index (χ0n) is 13.4. The molecule has 0 aliphatic rings. The molecular formula is C17H19N5O. The number of rotatable bonds is 4. The molecule has 23 heavy (non-hydrogen) atoms. The lowest BCUT2D eigenvalue weighted by Gasteiger charge is -2.25. The molecular weight excluding hydrogens is 290 g/mol. The van der Waals surface area contributed by atoms with E-state index in [1.54, 1.807) is 15.9 Å². The minimum atomic E-state index is -0.0257. The summed E-state index contributed by atoms with van der Waals surface area (Å²) in [5.41, 5.74) is 2.69. The topological polar surface area (TPSA) is 56.0 Å². The Morgan fingerprint density at radius 3 is 2.52 bits per heavy atom. The fourth-order valence-corrected chi connectivity index (χ4v) is 2.51. The normalized spacial score (nSPS) is 12.1. The molecule has 1 atom stereocenters. The van der Waals surface area contributed by atoms with E-state index >= 15 is 0 Å². The van der Waals surface area contributed by atoms with Crippen LogP contribution in [-0.2, 0) is 7.05 Å². The fraction of sp³-hybridized carbons (Fsp3) is 0.235. The van der Waals surface area contributed by atoms with Gasteiger partial charge in [0.1, 0.15) is 18.3 Å². The second-order valence-electron chi connectivity index (χ2n) is 5.53. The van der Waals surface area contributed by atoms with Gasteiger partial charge >= 0.3 is 0 Å². The van der Waals surface area contributed by atoms with Crippen molar-refractivity contribution in [1.82, 2.24) is 24.2 Å². The van der Waals surface area contributed by atoms with Gasteiger partial charge in [0.15, 0.2) is 0 Å². The van der Waals surface area contributed by atoms with Gasteiger partial charge in [0.25, 0.3) is 5.91 Å². The molecule has 0 fully saturated rings. The number of aromatic nitrogens is 4. The fourth-order valence-electron chi connectivity index (χ4n) is 2.51. The molecule has 0 radical (unpaired) electrons. The number of nitrogens with zero attached hydrogens (tertiary/aromatic N) is 5. The minimum absolute atomic E-state index is 0.00496. The van der Waals surface area contributed by atoms with Crippen LogP contribution in [0, 0.1) is 0 Å². The summed E-state index contributed by atoms with van der Waals surface area (Å²) in [6.07, 6.45) is 5.03. The van der Waals surface area contributed by atoms with Gasteiger partial charge in [0.2, 0.25) is 0 Å². The van der Waals surface area contributed by atoms with Gasteiger partial charge in [-0.15, -0.1) is 0 Å². The third-order valence-corrected chi connectivity index (χ3v) is 4.12. The Morgan fingerprint density at radius 2 is 1.96 bits per heavy atom. The van der Waals surface area contributed by atoms with E-state index in [1.165, 1.54) is 6.33 Å². The largest absolute Gasteiger partial charge is 0.347 e. The Balaban J connectivity index is 1.78. The van der Waals surface area contributed by atoms with E-state index in [0.29, 0.717) is 5.69 Å². The summed E-state index contributed by atoms with van der Waals surface area (Å²) in [5, 5.41) is 4.11. The molecule has 1 aromatic carbocycles. The number of carbonyl (C=O) groups is 1. The molecule has 118 valence electrons. The highest BCUT2D eigenvalue weighted by atomic mass is 16.2. The highest BCUT2D eigenvalue weighted by Gasteiger charge is 2.20. The molecule has 0 spiro atoms. The van der Waals surface area contributed by atoms with Crippen molar-refractivity contribution in [3.8, 4) is 5.69 Å². The van der Waals surface area contributed by atoms with Gasteiger partial charge in [-0.2, -0.15) is 5.10 Å². The van der Waals surface area contributed by atoms with Gasteiger partial charge in [0, 0.05) is 20.3 Å². The smallest absolute Gasteiger partial charge is 0.270 e. The Bertz CT molecular complexity index is 789. The highest BCUT2D eigenvalue weighted by Crippen LogP contribution is 2.22. The first kappa shape index (κ1) is 15.0. The maximum atomic E-state index is 12.6. The molecule has 3 aromatic rings. The van der Waals surface area contributed by atoms with E-state index in [-0.39, 0.29) is 11.9 Å². The first-order valence-electron chi connectivity index (χ1n) is 7.41. The summed E-state index contributed by atoms with van der Waals surface area (Å²) in [5.74, 6) is 0.00496. The van der Waals surface area contributed by atoms with Crippen LogP contribution < -0.4 is 0 Å². The number of hydrogen-bond acceptors (Lipinski definition) is 3. The van der Waals surface area contributed by atoms with Gasteiger partial charge < -0.3 is 9.47 Å². The number of carbonyl (C=O) groups excluding carboxylic acids is 1. The molecule has 1 amide bonds. The van der Waals surface area contributed by atoms with E-state index in [4.69, 9.17) is 0 Å². The van der Waals surface area contributed by atoms with Crippen molar-refractivity contribution >= 4 is 5.91 Å². The van der Waals surface area contributed by atoms with E-state index in [9.17, 15) is 4.79 Å². The first-order chi connectivity index (χ1) is 11.1. The van der Waals surface area contributed by atoms with Crippen LogP contribution in [0.5, 0.6) is 0 Å². The van der Waals surface area contributed by atoms with E-state index in [2.05, 4.69) is 10.1 Å². The zero-order valence-corrected chi connectivity index (χ0v) is 13.4. The van der Waals surface area contributed by atoms with Crippen molar-refractivity contribution < 1.29 is 4.79 Å². The average molecular weight is 309 g/mol. The lowest BCUT2D eigenvalue weighted by atomic mass is 10.1. The summed E-state index contributed by atoms with van der Waals surface area (Å²) in [7, 11) is 3.70. The Morgan fingerprint density at radius 1 is 1.22 bits per heavy atom. The standard InChI is InChI=1S/C17H19N5O/c1-13(21(3)17(23)16-5-4-10-20(16)2)14-6-8-15(9-7-14)22-12-18-11-19-22/h4-13H,1-3H3. The number of hydrogen-bond donors (Lipinski definition) is 0. The molecule has 0 aliphatic carbocycles. The van der Waals surface area contributed by atoms with Crippen molar-refractivity contribution in [3.05, 3.63) is 66.5 Å². The Hall–Kier alpha value is -2.89.